The van der Waals surface area contributed by atoms with E-state index in [4.69, 9.17) is 4.74 Å². The number of nitro benzene ring substituents is 1. The van der Waals surface area contributed by atoms with Gasteiger partial charge in [0.1, 0.15) is 5.75 Å². The van der Waals surface area contributed by atoms with Crippen LogP contribution < -0.4 is 15.0 Å². The molecule has 0 unspecified atom stereocenters. The molecule has 1 amide bonds. The van der Waals surface area contributed by atoms with Gasteiger partial charge in [-0.15, -0.1) is 0 Å². The molecule has 0 atom stereocenters. The normalized spacial score (nSPS) is 14.7. The summed E-state index contributed by atoms with van der Waals surface area (Å²) in [5, 5.41) is 13.8. The van der Waals surface area contributed by atoms with E-state index in [2.05, 4.69) is 41.4 Å². The van der Waals surface area contributed by atoms with Crippen LogP contribution in [-0.4, -0.2) is 31.0 Å². The fourth-order valence-corrected chi connectivity index (χ4v) is 3.30. The minimum atomic E-state index is -0.491. The molecule has 1 N–H and O–H groups in total. The quantitative estimate of drug-likeness (QED) is 0.641. The number of aryl methyl sites for hydroxylation is 1. The number of nitrogens with one attached hydrogen (secondary N) is 1. The highest BCUT2D eigenvalue weighted by atomic mass is 16.6. The largest absolute Gasteiger partial charge is 0.495 e. The van der Waals surface area contributed by atoms with E-state index in [0.717, 1.165) is 25.9 Å². The van der Waals surface area contributed by atoms with Gasteiger partial charge in [0.25, 0.3) is 5.69 Å². The van der Waals surface area contributed by atoms with Crippen molar-refractivity contribution in [2.24, 2.45) is 5.92 Å². The molecular weight excluding hydrogens is 346 g/mol. The van der Waals surface area contributed by atoms with Gasteiger partial charge in [-0.25, -0.2) is 0 Å². The van der Waals surface area contributed by atoms with Crippen LogP contribution in [0.5, 0.6) is 5.75 Å². The number of amides is 1. The maximum absolute atomic E-state index is 12.6. The third-order valence-corrected chi connectivity index (χ3v) is 4.92. The smallest absolute Gasteiger partial charge is 0.271 e. The van der Waals surface area contributed by atoms with E-state index in [-0.39, 0.29) is 17.5 Å². The maximum atomic E-state index is 12.6. The zero-order chi connectivity index (χ0) is 19.4. The molecule has 1 aliphatic rings. The molecular formula is C20H23N3O4. The number of piperidine rings is 1. The summed E-state index contributed by atoms with van der Waals surface area (Å²) in [7, 11) is 1.47. The average Bonchev–Trinajstić information content (AvgIpc) is 2.68. The molecule has 2 aromatic rings. The molecule has 0 saturated carbocycles. The highest BCUT2D eigenvalue weighted by molar-refractivity contribution is 5.94. The van der Waals surface area contributed by atoms with E-state index in [9.17, 15) is 14.9 Å². The molecule has 1 heterocycles. The van der Waals surface area contributed by atoms with Gasteiger partial charge in [-0.1, -0.05) is 17.7 Å². The lowest BCUT2D eigenvalue weighted by molar-refractivity contribution is -0.384. The van der Waals surface area contributed by atoms with Crippen molar-refractivity contribution in [2.75, 3.05) is 30.4 Å². The molecule has 7 heteroatoms. The zero-order valence-electron chi connectivity index (χ0n) is 15.5. The summed E-state index contributed by atoms with van der Waals surface area (Å²) >= 11 is 0. The summed E-state index contributed by atoms with van der Waals surface area (Å²) in [6.07, 6.45) is 1.47. The van der Waals surface area contributed by atoms with Crippen molar-refractivity contribution in [1.82, 2.24) is 0 Å². The summed E-state index contributed by atoms with van der Waals surface area (Å²) in [5.41, 5.74) is 2.64. The Bertz CT molecular complexity index is 828. The molecule has 142 valence electrons. The number of carbonyl (C=O) groups excluding carboxylic acids is 1. The highest BCUT2D eigenvalue weighted by Crippen LogP contribution is 2.30. The van der Waals surface area contributed by atoms with Crippen LogP contribution in [0.4, 0.5) is 17.1 Å². The third-order valence-electron chi connectivity index (χ3n) is 4.92. The minimum absolute atomic E-state index is 0.0831. The molecule has 1 aliphatic heterocycles. The number of anilines is 2. The fraction of sp³-hybridized carbons (Fsp3) is 0.350. The Morgan fingerprint density at radius 2 is 1.85 bits per heavy atom. The van der Waals surface area contributed by atoms with Crippen LogP contribution in [0.3, 0.4) is 0 Å². The Balaban J connectivity index is 1.63. The van der Waals surface area contributed by atoms with E-state index in [1.54, 1.807) is 0 Å². The van der Waals surface area contributed by atoms with Gasteiger partial charge in [-0.2, -0.15) is 0 Å². The Kier molecular flexibility index (Phi) is 5.59. The van der Waals surface area contributed by atoms with Crippen molar-refractivity contribution < 1.29 is 14.5 Å². The van der Waals surface area contributed by atoms with Crippen molar-refractivity contribution in [3.8, 4) is 5.75 Å². The van der Waals surface area contributed by atoms with Gasteiger partial charge >= 0.3 is 0 Å². The van der Waals surface area contributed by atoms with Gasteiger partial charge in [0.2, 0.25) is 5.91 Å². The van der Waals surface area contributed by atoms with Gasteiger partial charge in [-0.3, -0.25) is 14.9 Å². The topological polar surface area (TPSA) is 84.7 Å². The van der Waals surface area contributed by atoms with E-state index in [1.807, 2.05) is 0 Å². The number of hydrogen-bond acceptors (Lipinski definition) is 5. The van der Waals surface area contributed by atoms with Crippen LogP contribution in [-0.2, 0) is 4.79 Å². The number of methoxy groups -OCH3 is 1. The van der Waals surface area contributed by atoms with Crippen molar-refractivity contribution in [1.29, 1.82) is 0 Å². The Morgan fingerprint density at radius 3 is 2.44 bits per heavy atom. The number of carbonyl (C=O) groups is 1. The van der Waals surface area contributed by atoms with E-state index >= 15 is 0 Å². The van der Waals surface area contributed by atoms with Crippen molar-refractivity contribution >= 4 is 23.0 Å². The summed E-state index contributed by atoms with van der Waals surface area (Å²) in [6, 6.07) is 12.6. The Hall–Kier alpha value is -3.09. The van der Waals surface area contributed by atoms with E-state index < -0.39 is 4.92 Å². The first-order valence-corrected chi connectivity index (χ1v) is 8.93. The number of nitro groups is 1. The number of ether oxygens (including phenoxy) is 1. The SMILES string of the molecule is COc1ccc([N+](=O)[O-])cc1NC(=O)C1CCN(c2ccc(C)cc2)CC1. The molecule has 7 nitrogen and oxygen atoms in total. The van der Waals surface area contributed by atoms with Gasteiger partial charge in [0.05, 0.1) is 17.7 Å². The lowest BCUT2D eigenvalue weighted by Crippen LogP contribution is -2.38. The molecule has 0 bridgehead atoms. The molecule has 1 fully saturated rings. The minimum Gasteiger partial charge on any atom is -0.495 e. The van der Waals surface area contributed by atoms with E-state index in [0.29, 0.717) is 11.4 Å². The molecule has 0 radical (unpaired) electrons. The summed E-state index contributed by atoms with van der Waals surface area (Å²) in [6.45, 7) is 3.66. The highest BCUT2D eigenvalue weighted by Gasteiger charge is 2.26. The first-order chi connectivity index (χ1) is 13.0. The van der Waals surface area contributed by atoms with Crippen LogP contribution >= 0.6 is 0 Å². The molecule has 0 aliphatic carbocycles. The second kappa shape index (κ2) is 8.07. The predicted octanol–water partition coefficient (Wildman–Crippen LogP) is 3.77. The monoisotopic (exact) mass is 369 g/mol. The van der Waals surface area contributed by atoms with E-state index in [1.165, 1.54) is 36.6 Å². The number of hydrogen-bond donors (Lipinski definition) is 1. The summed E-state index contributed by atoms with van der Waals surface area (Å²) in [5.74, 6) is 0.152. The van der Waals surface area contributed by atoms with Crippen molar-refractivity contribution in [2.45, 2.75) is 19.8 Å². The first-order valence-electron chi connectivity index (χ1n) is 8.93. The molecule has 1 saturated heterocycles. The molecule has 0 spiro atoms. The van der Waals surface area contributed by atoms with Crippen molar-refractivity contribution in [3.63, 3.8) is 0 Å². The van der Waals surface area contributed by atoms with Crippen LogP contribution in [0.15, 0.2) is 42.5 Å². The first kappa shape index (κ1) is 18.7. The van der Waals surface area contributed by atoms with Crippen LogP contribution in [0, 0.1) is 23.0 Å². The molecule has 0 aromatic heterocycles. The third kappa shape index (κ3) is 4.36. The maximum Gasteiger partial charge on any atom is 0.271 e. The van der Waals surface area contributed by atoms with Crippen LogP contribution in [0.25, 0.3) is 0 Å². The van der Waals surface area contributed by atoms with Crippen LogP contribution in [0.1, 0.15) is 18.4 Å². The number of nitrogens with zero attached hydrogens (tertiary/aromatic N) is 2. The van der Waals surface area contributed by atoms with Gasteiger partial charge in [-0.05, 0) is 38.0 Å². The fourth-order valence-electron chi connectivity index (χ4n) is 3.30. The van der Waals surface area contributed by atoms with Crippen LogP contribution in [0.2, 0.25) is 0 Å². The average molecular weight is 369 g/mol. The lowest BCUT2D eigenvalue weighted by Gasteiger charge is -2.33. The van der Waals surface area contributed by atoms with Gasteiger partial charge in [0, 0.05) is 36.8 Å². The number of non-ortho nitro benzene ring substituents is 1. The number of rotatable bonds is 5. The van der Waals surface area contributed by atoms with Gasteiger partial charge in [0.15, 0.2) is 0 Å². The second-order valence-corrected chi connectivity index (χ2v) is 6.73. The predicted molar refractivity (Wildman–Crippen MR) is 104 cm³/mol. The van der Waals surface area contributed by atoms with Gasteiger partial charge < -0.3 is 15.0 Å². The molecule has 2 aromatic carbocycles. The summed E-state index contributed by atoms with van der Waals surface area (Å²) < 4.78 is 5.21. The standard InChI is InChI=1S/C20H23N3O4/c1-14-3-5-16(6-4-14)22-11-9-15(10-12-22)20(24)21-18-13-17(23(25)26)7-8-19(18)27-2/h3-8,13,15H,9-12H2,1-2H3,(H,21,24). The second-order valence-electron chi connectivity index (χ2n) is 6.73. The Labute approximate surface area is 158 Å². The lowest BCUT2D eigenvalue weighted by atomic mass is 9.95. The summed E-state index contributed by atoms with van der Waals surface area (Å²) in [4.78, 5) is 25.4. The molecule has 27 heavy (non-hydrogen) atoms. The zero-order valence-corrected chi connectivity index (χ0v) is 15.5. The Morgan fingerprint density at radius 1 is 1.19 bits per heavy atom. The molecule has 3 rings (SSSR count). The van der Waals surface area contributed by atoms with Crippen molar-refractivity contribution in [3.05, 3.63) is 58.1 Å². The number of benzene rings is 2.